The Morgan fingerprint density at radius 3 is 2.26 bits per heavy atom. The second-order valence-electron chi connectivity index (χ2n) is 10.2. The molecule has 5 rings (SSSR count). The number of nitrogens with zero attached hydrogens (tertiary/aromatic N) is 3. The van der Waals surface area contributed by atoms with Gasteiger partial charge in [0.15, 0.2) is 5.82 Å². The Morgan fingerprint density at radius 2 is 1.64 bits per heavy atom. The monoisotopic (exact) mass is 573 g/mol. The summed E-state index contributed by atoms with van der Waals surface area (Å²) < 4.78 is 12.3. The number of aryl methyl sites for hydroxylation is 2. The molecule has 2 heterocycles. The fraction of sp³-hybridized carbons (Fsp3) is 0.273. The van der Waals surface area contributed by atoms with Gasteiger partial charge in [0, 0.05) is 47.1 Å². The van der Waals surface area contributed by atoms with Gasteiger partial charge in [-0.3, -0.25) is 18.9 Å². The molecule has 1 atom stereocenters. The molecule has 0 fully saturated rings. The number of nitrogens with one attached hydrogen (secondary N) is 1. The van der Waals surface area contributed by atoms with Crippen molar-refractivity contribution in [3.05, 3.63) is 116 Å². The molecule has 0 bridgehead atoms. The molecule has 0 amide bonds. The number of hydrogen-bond donors (Lipinski definition) is 1. The summed E-state index contributed by atoms with van der Waals surface area (Å²) in [5, 5.41) is 3.85. The Kier molecular flexibility index (Phi) is 10.4. The van der Waals surface area contributed by atoms with Crippen molar-refractivity contribution in [2.45, 2.75) is 59.5 Å². The third kappa shape index (κ3) is 6.84. The van der Waals surface area contributed by atoms with E-state index in [0.29, 0.717) is 23.6 Å². The van der Waals surface area contributed by atoms with Gasteiger partial charge in [0.05, 0.1) is 17.5 Å². The van der Waals surface area contributed by atoms with Crippen LogP contribution in [0.5, 0.6) is 5.75 Å². The van der Waals surface area contributed by atoms with Gasteiger partial charge in [-0.2, -0.15) is 0 Å². The number of rotatable bonds is 10. The van der Waals surface area contributed by atoms with E-state index in [4.69, 9.17) is 14.2 Å². The summed E-state index contributed by atoms with van der Waals surface area (Å²) in [6.45, 7) is 8.09. The molecule has 0 saturated heterocycles. The maximum absolute atomic E-state index is 13.9. The van der Waals surface area contributed by atoms with Crippen molar-refractivity contribution in [1.29, 1.82) is 0 Å². The quantitative estimate of drug-likeness (QED) is 0.209. The van der Waals surface area contributed by atoms with E-state index in [-0.39, 0.29) is 41.2 Å². The summed E-state index contributed by atoms with van der Waals surface area (Å²) >= 11 is 0. The van der Waals surface area contributed by atoms with Crippen LogP contribution in [0.25, 0.3) is 28.2 Å². The minimum absolute atomic E-state index is 0. The zero-order valence-corrected chi connectivity index (χ0v) is 26.8. The van der Waals surface area contributed by atoms with Gasteiger partial charge in [-0.25, -0.2) is 9.78 Å². The van der Waals surface area contributed by atoms with Gasteiger partial charge < -0.3 is 4.74 Å². The third-order valence-corrected chi connectivity index (χ3v) is 7.19. The van der Waals surface area contributed by atoms with Crippen LogP contribution in [0, 0.1) is 6.92 Å². The van der Waals surface area contributed by atoms with E-state index in [0.717, 1.165) is 58.6 Å². The Balaban J connectivity index is 0.00000405. The summed E-state index contributed by atoms with van der Waals surface area (Å²) in [6.07, 6.45) is 3.13. The zero-order valence-electron chi connectivity index (χ0n) is 24.8. The van der Waals surface area contributed by atoms with Crippen molar-refractivity contribution in [3.63, 3.8) is 0 Å². The van der Waals surface area contributed by atoms with Crippen molar-refractivity contribution in [3.8, 4) is 34.0 Å². The fourth-order valence-electron chi connectivity index (χ4n) is 4.93. The standard InChI is InChI=1S/C33H34N4O4.Na/c1-5-9-30-29(32(38)37(22(4)34-30)25-16-18-26(19-17-25)40-21(3)6-2)20-23-12-14-24(15-13-23)27-10-7-8-11-28(27)31-35-33(39)41-36-31;/h7-8,10-19,21H,5-6,9,20H2,1-4H3,(H,35,36,39);. The second kappa shape index (κ2) is 14.0. The van der Waals surface area contributed by atoms with Gasteiger partial charge in [-0.1, -0.05) is 74.0 Å². The van der Waals surface area contributed by atoms with Gasteiger partial charge in [0.1, 0.15) is 11.6 Å². The number of aromatic nitrogens is 4. The molecule has 211 valence electrons. The average Bonchev–Trinajstić information content (AvgIpc) is 3.42. The van der Waals surface area contributed by atoms with Gasteiger partial charge in [0.2, 0.25) is 0 Å². The molecule has 1 radical (unpaired) electrons. The van der Waals surface area contributed by atoms with E-state index in [9.17, 15) is 9.59 Å². The first-order valence-corrected chi connectivity index (χ1v) is 14.0. The smallest absolute Gasteiger partial charge is 0.439 e. The number of benzene rings is 3. The molecule has 0 aliphatic heterocycles. The summed E-state index contributed by atoms with van der Waals surface area (Å²) in [7, 11) is 0. The number of ether oxygens (including phenoxy) is 1. The first kappa shape index (κ1) is 31.2. The van der Waals surface area contributed by atoms with Crippen molar-refractivity contribution in [2.75, 3.05) is 0 Å². The molecule has 3 aromatic carbocycles. The molecule has 8 nitrogen and oxygen atoms in total. The van der Waals surface area contributed by atoms with Crippen LogP contribution in [0.4, 0.5) is 0 Å². The number of aromatic amines is 1. The molecule has 42 heavy (non-hydrogen) atoms. The molecule has 9 heteroatoms. The first-order chi connectivity index (χ1) is 19.9. The molecule has 0 aliphatic carbocycles. The van der Waals surface area contributed by atoms with Crippen molar-refractivity contribution < 1.29 is 9.26 Å². The molecule has 2 aromatic heterocycles. The average molecular weight is 574 g/mol. The maximum atomic E-state index is 13.9. The molecular weight excluding hydrogens is 539 g/mol. The minimum Gasteiger partial charge on any atom is -0.491 e. The van der Waals surface area contributed by atoms with Gasteiger partial charge in [-0.05, 0) is 67.6 Å². The minimum atomic E-state index is -0.597. The molecule has 0 saturated carbocycles. The fourth-order valence-corrected chi connectivity index (χ4v) is 4.93. The van der Waals surface area contributed by atoms with Crippen molar-refractivity contribution in [2.24, 2.45) is 0 Å². The van der Waals surface area contributed by atoms with E-state index in [1.165, 1.54) is 0 Å². The maximum Gasteiger partial charge on any atom is 0.439 e. The van der Waals surface area contributed by atoms with Gasteiger partial charge >= 0.3 is 5.76 Å². The molecule has 0 aliphatic rings. The predicted octanol–water partition coefficient (Wildman–Crippen LogP) is 5.89. The second-order valence-corrected chi connectivity index (χ2v) is 10.2. The molecule has 1 N–H and O–H groups in total. The summed E-state index contributed by atoms with van der Waals surface area (Å²) in [5.74, 6) is 1.22. The van der Waals surface area contributed by atoms with Gasteiger partial charge in [0.25, 0.3) is 5.56 Å². The number of hydrogen-bond acceptors (Lipinski definition) is 6. The van der Waals surface area contributed by atoms with Crippen LogP contribution in [0.2, 0.25) is 0 Å². The molecule has 5 aromatic rings. The Bertz CT molecular complexity index is 1760. The van der Waals surface area contributed by atoms with E-state index >= 15 is 0 Å². The van der Waals surface area contributed by atoms with Crippen LogP contribution in [0.1, 0.15) is 56.3 Å². The van der Waals surface area contributed by atoms with Crippen LogP contribution in [-0.4, -0.2) is 55.4 Å². The van der Waals surface area contributed by atoms with Crippen LogP contribution < -0.4 is 16.1 Å². The molecular formula is C33H34N4NaO4. The summed E-state index contributed by atoms with van der Waals surface area (Å²) in [4.78, 5) is 32.9. The van der Waals surface area contributed by atoms with Crippen LogP contribution in [-0.2, 0) is 12.8 Å². The molecule has 1 unspecified atom stereocenters. The Hall–Kier alpha value is -3.72. The van der Waals surface area contributed by atoms with Crippen LogP contribution >= 0.6 is 0 Å². The topological polar surface area (TPSA) is 103 Å². The van der Waals surface area contributed by atoms with Crippen LogP contribution in [0.15, 0.2) is 86.9 Å². The van der Waals surface area contributed by atoms with E-state index in [1.54, 1.807) is 4.57 Å². The van der Waals surface area contributed by atoms with E-state index in [2.05, 4.69) is 24.0 Å². The van der Waals surface area contributed by atoms with Crippen molar-refractivity contribution in [1.82, 2.24) is 19.7 Å². The van der Waals surface area contributed by atoms with E-state index < -0.39 is 5.76 Å². The van der Waals surface area contributed by atoms with Crippen LogP contribution in [0.3, 0.4) is 0 Å². The first-order valence-electron chi connectivity index (χ1n) is 14.0. The Labute approximate surface area is 267 Å². The zero-order chi connectivity index (χ0) is 28.9. The SMILES string of the molecule is CCCc1nc(C)n(-c2ccc(OC(C)CC)cc2)c(=O)c1Cc1ccc(-c2ccccc2-c2noc(=O)[nH]2)cc1.[Na]. The largest absolute Gasteiger partial charge is 0.491 e. The molecule has 0 spiro atoms. The van der Waals surface area contributed by atoms with Crippen molar-refractivity contribution >= 4 is 29.6 Å². The Morgan fingerprint density at radius 1 is 0.952 bits per heavy atom. The summed E-state index contributed by atoms with van der Waals surface area (Å²) in [5.41, 5.74) is 5.89. The predicted molar refractivity (Wildman–Crippen MR) is 166 cm³/mol. The summed E-state index contributed by atoms with van der Waals surface area (Å²) in [6, 6.07) is 23.4. The van der Waals surface area contributed by atoms with Gasteiger partial charge in [-0.15, -0.1) is 0 Å². The van der Waals surface area contributed by atoms with E-state index in [1.807, 2.05) is 86.6 Å². The number of H-pyrrole nitrogens is 1. The normalized spacial score (nSPS) is 11.6. The third-order valence-electron chi connectivity index (χ3n) is 7.19.